The van der Waals surface area contributed by atoms with Crippen LogP contribution < -0.4 is 5.32 Å². The van der Waals surface area contributed by atoms with Gasteiger partial charge in [0.2, 0.25) is 5.91 Å². The number of fused-ring (bicyclic) bond motifs is 4. The highest BCUT2D eigenvalue weighted by molar-refractivity contribution is 6.31. The fourth-order valence-electron chi connectivity index (χ4n) is 5.56. The maximum atomic E-state index is 15.0. The van der Waals surface area contributed by atoms with Crippen molar-refractivity contribution >= 4 is 34.7 Å². The SMILES string of the molecule is C=C1CCC[C@H](N2CCC(c3c(C(F)(F)F)ccc(Cl)c3F)=CC2=O)c2cc(ccn2)-c2nn(-c3cncnc3)cc2NC1=O. The van der Waals surface area contributed by atoms with Gasteiger partial charge in [0.05, 0.1) is 46.6 Å². The van der Waals surface area contributed by atoms with Gasteiger partial charge < -0.3 is 10.2 Å². The third-order valence-corrected chi connectivity index (χ3v) is 8.04. The molecule has 2 aliphatic rings. The first-order chi connectivity index (χ1) is 21.5. The highest BCUT2D eigenvalue weighted by atomic mass is 35.5. The topological polar surface area (TPSA) is 106 Å². The summed E-state index contributed by atoms with van der Waals surface area (Å²) in [5.41, 5.74) is 0.793. The number of carbonyl (C=O) groups excluding carboxylic acids is 2. The zero-order chi connectivity index (χ0) is 31.9. The quantitative estimate of drug-likeness (QED) is 0.201. The summed E-state index contributed by atoms with van der Waals surface area (Å²) in [6.07, 6.45) is 4.96. The second kappa shape index (κ2) is 11.9. The van der Waals surface area contributed by atoms with Crippen LogP contribution in [-0.2, 0) is 15.8 Å². The molecule has 0 radical (unpaired) electrons. The van der Waals surface area contributed by atoms with Crippen molar-refractivity contribution in [3.63, 3.8) is 0 Å². The van der Waals surface area contributed by atoms with E-state index in [9.17, 15) is 27.2 Å². The number of nitrogens with one attached hydrogen (secondary N) is 1. The van der Waals surface area contributed by atoms with E-state index >= 15 is 0 Å². The number of hydrogen-bond donors (Lipinski definition) is 1. The fraction of sp³-hybridized carbons (Fsp3) is 0.226. The van der Waals surface area contributed by atoms with Gasteiger partial charge in [-0.2, -0.15) is 18.3 Å². The number of pyridine rings is 1. The Hall–Kier alpha value is -4.91. The summed E-state index contributed by atoms with van der Waals surface area (Å²) in [5, 5.41) is 7.06. The molecule has 6 rings (SSSR count). The maximum absolute atomic E-state index is 15.0. The molecule has 1 aromatic carbocycles. The first-order valence-corrected chi connectivity index (χ1v) is 14.3. The molecule has 14 heteroatoms. The van der Waals surface area contributed by atoms with Crippen LogP contribution in [0.2, 0.25) is 5.02 Å². The predicted molar refractivity (Wildman–Crippen MR) is 157 cm³/mol. The Morgan fingerprint density at radius 3 is 2.60 bits per heavy atom. The average molecular weight is 638 g/mol. The monoisotopic (exact) mass is 637 g/mol. The van der Waals surface area contributed by atoms with Crippen molar-refractivity contribution in [2.24, 2.45) is 0 Å². The molecule has 9 nitrogen and oxygen atoms in total. The molecule has 0 spiro atoms. The lowest BCUT2D eigenvalue weighted by atomic mass is 9.92. The van der Waals surface area contributed by atoms with Gasteiger partial charge in [0, 0.05) is 35.5 Å². The molecule has 1 N–H and O–H groups in total. The van der Waals surface area contributed by atoms with Crippen LogP contribution in [0.5, 0.6) is 0 Å². The molecule has 4 aromatic rings. The van der Waals surface area contributed by atoms with Crippen LogP contribution in [0.4, 0.5) is 23.2 Å². The average Bonchev–Trinajstić information content (AvgIpc) is 3.44. The standard InChI is InChI=1S/C31H24ClF4N7O2/c1-17-3-2-4-25(42-10-8-18(12-26(42)44)27-21(31(34,35)36)5-6-22(32)28(27)33)23-11-19(7-9-39-23)29-24(40-30(17)45)15-43(41-29)20-13-37-16-38-14-20/h5-7,9,11-16,25H,1-4,8,10H2,(H,40,45)/t25-/m0/s1. The Morgan fingerprint density at radius 2 is 1.87 bits per heavy atom. The molecular formula is C31H24ClF4N7O2. The number of amides is 2. The number of halogens is 5. The lowest BCUT2D eigenvalue weighted by Gasteiger charge is -2.34. The Labute approximate surface area is 259 Å². The van der Waals surface area contributed by atoms with Crippen molar-refractivity contribution in [1.29, 1.82) is 0 Å². The van der Waals surface area contributed by atoms with Crippen LogP contribution in [0.25, 0.3) is 22.5 Å². The van der Waals surface area contributed by atoms with Crippen LogP contribution in [-0.4, -0.2) is 48.0 Å². The van der Waals surface area contributed by atoms with Crippen LogP contribution in [0.3, 0.4) is 0 Å². The van der Waals surface area contributed by atoms with E-state index in [0.717, 1.165) is 12.1 Å². The van der Waals surface area contributed by atoms with Crippen LogP contribution >= 0.6 is 11.6 Å². The van der Waals surface area contributed by atoms with Crippen molar-refractivity contribution in [3.05, 3.63) is 101 Å². The zero-order valence-electron chi connectivity index (χ0n) is 23.5. The van der Waals surface area contributed by atoms with E-state index in [0.29, 0.717) is 59.2 Å². The van der Waals surface area contributed by atoms with Gasteiger partial charge in [-0.25, -0.2) is 19.0 Å². The summed E-state index contributed by atoms with van der Waals surface area (Å²) in [6.45, 7) is 3.93. The molecular weight excluding hydrogens is 614 g/mol. The predicted octanol–water partition coefficient (Wildman–Crippen LogP) is 6.57. The van der Waals surface area contributed by atoms with Gasteiger partial charge >= 0.3 is 6.18 Å². The third-order valence-electron chi connectivity index (χ3n) is 7.75. The first kappa shape index (κ1) is 30.1. The highest BCUT2D eigenvalue weighted by Crippen LogP contribution is 2.41. The number of rotatable bonds is 3. The minimum Gasteiger partial charge on any atom is -0.330 e. The normalized spacial score (nSPS) is 17.6. The molecule has 5 heterocycles. The van der Waals surface area contributed by atoms with Crippen molar-refractivity contribution < 1.29 is 27.2 Å². The number of benzene rings is 1. The van der Waals surface area contributed by atoms with E-state index in [1.807, 2.05) is 0 Å². The molecule has 0 saturated heterocycles. The largest absolute Gasteiger partial charge is 0.417 e. The van der Waals surface area contributed by atoms with Crippen molar-refractivity contribution in [2.45, 2.75) is 37.9 Å². The van der Waals surface area contributed by atoms with E-state index in [1.54, 1.807) is 36.9 Å². The molecule has 0 fully saturated rings. The van der Waals surface area contributed by atoms with Crippen LogP contribution in [0, 0.1) is 5.82 Å². The molecule has 1 atom stereocenters. The highest BCUT2D eigenvalue weighted by Gasteiger charge is 2.38. The Bertz CT molecular complexity index is 1860. The summed E-state index contributed by atoms with van der Waals surface area (Å²) in [7, 11) is 0. The van der Waals surface area contributed by atoms with Crippen LogP contribution in [0.15, 0.2) is 73.6 Å². The van der Waals surface area contributed by atoms with E-state index in [4.69, 9.17) is 11.6 Å². The van der Waals surface area contributed by atoms with Gasteiger partial charge in [0.25, 0.3) is 5.91 Å². The molecule has 0 aliphatic carbocycles. The molecule has 230 valence electrons. The van der Waals surface area contributed by atoms with Crippen molar-refractivity contribution in [3.8, 4) is 16.9 Å². The van der Waals surface area contributed by atoms with Crippen molar-refractivity contribution in [2.75, 3.05) is 11.9 Å². The van der Waals surface area contributed by atoms with Gasteiger partial charge in [-0.15, -0.1) is 0 Å². The molecule has 2 aliphatic heterocycles. The molecule has 0 saturated carbocycles. The lowest BCUT2D eigenvalue weighted by molar-refractivity contribution is -0.138. The minimum atomic E-state index is -4.85. The molecule has 2 bridgehead atoms. The number of carbonyl (C=O) groups is 2. The van der Waals surface area contributed by atoms with Gasteiger partial charge in [-0.05, 0) is 55.5 Å². The lowest BCUT2D eigenvalue weighted by Crippen LogP contribution is -2.38. The minimum absolute atomic E-state index is 0.000190. The van der Waals surface area contributed by atoms with Crippen LogP contribution in [0.1, 0.15) is 48.5 Å². The maximum Gasteiger partial charge on any atom is 0.417 e. The number of anilines is 1. The Morgan fingerprint density at radius 1 is 1.09 bits per heavy atom. The number of alkyl halides is 3. The fourth-order valence-corrected chi connectivity index (χ4v) is 5.71. The first-order valence-electron chi connectivity index (χ1n) is 13.9. The van der Waals surface area contributed by atoms with E-state index < -0.39 is 46.0 Å². The number of aromatic nitrogens is 5. The number of nitrogens with zero attached hydrogens (tertiary/aromatic N) is 6. The summed E-state index contributed by atoms with van der Waals surface area (Å²) < 4.78 is 57.9. The van der Waals surface area contributed by atoms with Gasteiger partial charge in [0.1, 0.15) is 23.5 Å². The Kier molecular flexibility index (Phi) is 7.96. The van der Waals surface area contributed by atoms with E-state index in [2.05, 4.69) is 31.9 Å². The molecule has 3 aromatic heterocycles. The molecule has 45 heavy (non-hydrogen) atoms. The summed E-state index contributed by atoms with van der Waals surface area (Å²) in [5.74, 6) is -2.22. The smallest absolute Gasteiger partial charge is 0.330 e. The van der Waals surface area contributed by atoms with E-state index in [-0.39, 0.29) is 18.5 Å². The summed E-state index contributed by atoms with van der Waals surface area (Å²) >= 11 is 5.84. The van der Waals surface area contributed by atoms with Gasteiger partial charge in [-0.1, -0.05) is 18.2 Å². The molecule has 2 amide bonds. The second-order valence-corrected chi connectivity index (χ2v) is 11.0. The molecule has 0 unspecified atom stereocenters. The van der Waals surface area contributed by atoms with E-state index in [1.165, 1.54) is 15.9 Å². The van der Waals surface area contributed by atoms with Gasteiger partial charge in [0.15, 0.2) is 0 Å². The second-order valence-electron chi connectivity index (χ2n) is 10.6. The third kappa shape index (κ3) is 5.95. The van der Waals surface area contributed by atoms with Gasteiger partial charge in [-0.3, -0.25) is 14.6 Å². The summed E-state index contributed by atoms with van der Waals surface area (Å²) in [4.78, 5) is 40.7. The zero-order valence-corrected chi connectivity index (χ0v) is 24.2. The van der Waals surface area contributed by atoms with Crippen molar-refractivity contribution in [1.82, 2.24) is 29.6 Å². The Balaban J connectivity index is 1.39. The number of hydrogen-bond acceptors (Lipinski definition) is 6. The summed E-state index contributed by atoms with van der Waals surface area (Å²) in [6, 6.07) is 4.42.